The molecule has 37 heavy (non-hydrogen) atoms. The van der Waals surface area contributed by atoms with Gasteiger partial charge in [-0.2, -0.15) is 0 Å². The van der Waals surface area contributed by atoms with E-state index < -0.39 is 30.1 Å². The number of carbonyl (C=O) groups is 4. The minimum Gasteiger partial charge on any atom is -0.462 e. The molecule has 1 aromatic carbocycles. The lowest BCUT2D eigenvalue weighted by atomic mass is 9.99. The van der Waals surface area contributed by atoms with Crippen molar-refractivity contribution in [2.24, 2.45) is 29.4 Å². The van der Waals surface area contributed by atoms with Gasteiger partial charge in [0.05, 0.1) is 17.8 Å². The second kappa shape index (κ2) is 15.3. The van der Waals surface area contributed by atoms with Gasteiger partial charge in [-0.3, -0.25) is 19.2 Å². The fourth-order valence-electron chi connectivity index (χ4n) is 2.85. The van der Waals surface area contributed by atoms with Crippen molar-refractivity contribution in [2.75, 3.05) is 6.61 Å². The molecule has 0 spiro atoms. The Hall–Kier alpha value is -2.94. The van der Waals surface area contributed by atoms with Crippen molar-refractivity contribution in [3.63, 3.8) is 0 Å². The summed E-state index contributed by atoms with van der Waals surface area (Å²) in [5.41, 5.74) is 6.65. The van der Waals surface area contributed by atoms with Gasteiger partial charge in [-0.25, -0.2) is 0 Å². The molecule has 0 saturated carbocycles. The molecule has 9 heteroatoms. The number of hydrogen-bond donors (Lipinski definition) is 1. The Bertz CT molecular complexity index is 929. The maximum absolute atomic E-state index is 12.5. The van der Waals surface area contributed by atoms with Crippen molar-refractivity contribution >= 4 is 23.9 Å². The molecule has 3 unspecified atom stereocenters. The van der Waals surface area contributed by atoms with Gasteiger partial charge in [-0.15, -0.1) is 0 Å². The van der Waals surface area contributed by atoms with Crippen LogP contribution in [0.1, 0.15) is 73.8 Å². The van der Waals surface area contributed by atoms with E-state index in [1.54, 1.807) is 33.8 Å². The van der Waals surface area contributed by atoms with E-state index in [-0.39, 0.29) is 54.2 Å². The van der Waals surface area contributed by atoms with E-state index >= 15 is 0 Å². The molecule has 0 aliphatic rings. The average molecular weight is 522 g/mol. The summed E-state index contributed by atoms with van der Waals surface area (Å²) < 4.78 is 21.6. The summed E-state index contributed by atoms with van der Waals surface area (Å²) >= 11 is 0. The Morgan fingerprint density at radius 2 is 1.32 bits per heavy atom. The predicted molar refractivity (Wildman–Crippen MR) is 139 cm³/mol. The first-order valence-corrected chi connectivity index (χ1v) is 13.0. The molecule has 208 valence electrons. The summed E-state index contributed by atoms with van der Waals surface area (Å²) in [6.07, 6.45) is 0.602. The van der Waals surface area contributed by atoms with Gasteiger partial charge in [0, 0.05) is 0 Å². The third kappa shape index (κ3) is 10.5. The van der Waals surface area contributed by atoms with Crippen LogP contribution in [0, 0.1) is 23.7 Å². The summed E-state index contributed by atoms with van der Waals surface area (Å²) in [7, 11) is 0. The predicted octanol–water partition coefficient (Wildman–Crippen LogP) is 4.23. The molecule has 0 bridgehead atoms. The minimum atomic E-state index is -1.01. The van der Waals surface area contributed by atoms with Crippen LogP contribution in [0.4, 0.5) is 0 Å². The SMILES string of the molecule is CCC(C)C(=O)Oc1ccc(C[C@H](N)C(=O)O[C@@H](C)COC(=O)C(C)C(C)C)cc1OC(=O)C(C)CC. The first kappa shape index (κ1) is 32.1. The maximum Gasteiger partial charge on any atom is 0.323 e. The van der Waals surface area contributed by atoms with E-state index in [9.17, 15) is 19.2 Å². The second-order valence-electron chi connectivity index (χ2n) is 9.96. The molecule has 0 amide bonds. The van der Waals surface area contributed by atoms with Crippen LogP contribution >= 0.6 is 0 Å². The van der Waals surface area contributed by atoms with Crippen molar-refractivity contribution in [3.8, 4) is 11.5 Å². The van der Waals surface area contributed by atoms with Crippen LogP contribution in [0.3, 0.4) is 0 Å². The fourth-order valence-corrected chi connectivity index (χ4v) is 2.85. The molecule has 0 aliphatic heterocycles. The van der Waals surface area contributed by atoms with E-state index in [1.165, 1.54) is 12.1 Å². The van der Waals surface area contributed by atoms with E-state index in [0.717, 1.165) is 0 Å². The van der Waals surface area contributed by atoms with Crippen molar-refractivity contribution in [1.29, 1.82) is 0 Å². The maximum atomic E-state index is 12.5. The number of esters is 4. The Labute approximate surface area is 220 Å². The Morgan fingerprint density at radius 1 is 0.784 bits per heavy atom. The molecule has 0 aromatic heterocycles. The topological polar surface area (TPSA) is 131 Å². The molecule has 5 atom stereocenters. The molecule has 0 aliphatic carbocycles. The first-order valence-electron chi connectivity index (χ1n) is 13.0. The summed E-state index contributed by atoms with van der Waals surface area (Å²) in [4.78, 5) is 49.3. The molecule has 2 N–H and O–H groups in total. The zero-order valence-corrected chi connectivity index (χ0v) is 23.4. The lowest BCUT2D eigenvalue weighted by molar-refractivity contribution is -0.161. The van der Waals surface area contributed by atoms with E-state index in [1.807, 2.05) is 27.7 Å². The molecule has 1 aromatic rings. The number of ether oxygens (including phenoxy) is 4. The van der Waals surface area contributed by atoms with Crippen LogP contribution in [0.25, 0.3) is 0 Å². The standard InChI is InChI=1S/C28H43NO8/c1-9-17(5)25(30)36-23-12-11-21(14-24(23)37-26(31)18(6)10-2)13-22(29)28(33)35-19(7)15-34-27(32)20(8)16(3)4/h11-12,14,16-20,22H,9-10,13,15,29H2,1-8H3/t17?,18?,19-,20?,22-/m0/s1. The number of carbonyl (C=O) groups excluding carboxylic acids is 4. The van der Waals surface area contributed by atoms with Gasteiger partial charge in [0.25, 0.3) is 0 Å². The second-order valence-corrected chi connectivity index (χ2v) is 9.96. The molecule has 0 fully saturated rings. The highest BCUT2D eigenvalue weighted by Crippen LogP contribution is 2.31. The third-order valence-electron chi connectivity index (χ3n) is 6.37. The van der Waals surface area contributed by atoms with Crippen molar-refractivity contribution in [1.82, 2.24) is 0 Å². The van der Waals surface area contributed by atoms with Gasteiger partial charge in [-0.1, -0.05) is 54.5 Å². The molecular weight excluding hydrogens is 478 g/mol. The molecule has 1 rings (SSSR count). The summed E-state index contributed by atoms with van der Waals surface area (Å²) in [6, 6.07) is 3.68. The zero-order valence-electron chi connectivity index (χ0n) is 23.4. The highest BCUT2D eigenvalue weighted by molar-refractivity contribution is 5.79. The van der Waals surface area contributed by atoms with Crippen LogP contribution in [0.2, 0.25) is 0 Å². The van der Waals surface area contributed by atoms with Gasteiger partial charge in [0.15, 0.2) is 11.5 Å². The van der Waals surface area contributed by atoms with Crippen LogP contribution in [-0.4, -0.2) is 42.6 Å². The zero-order chi connectivity index (χ0) is 28.3. The summed E-state index contributed by atoms with van der Waals surface area (Å²) in [6.45, 7) is 14.4. The molecular formula is C28H43NO8. The smallest absolute Gasteiger partial charge is 0.323 e. The van der Waals surface area contributed by atoms with Crippen LogP contribution < -0.4 is 15.2 Å². The first-order chi connectivity index (χ1) is 17.3. The third-order valence-corrected chi connectivity index (χ3v) is 6.37. The molecule has 9 nitrogen and oxygen atoms in total. The Balaban J connectivity index is 2.90. The van der Waals surface area contributed by atoms with Crippen LogP contribution in [0.5, 0.6) is 11.5 Å². The van der Waals surface area contributed by atoms with Gasteiger partial charge in [-0.05, 0) is 49.8 Å². The van der Waals surface area contributed by atoms with E-state index in [0.29, 0.717) is 18.4 Å². The van der Waals surface area contributed by atoms with Crippen molar-refractivity contribution in [2.45, 2.75) is 86.8 Å². The van der Waals surface area contributed by atoms with Gasteiger partial charge in [0.1, 0.15) is 18.8 Å². The summed E-state index contributed by atoms with van der Waals surface area (Å²) in [5.74, 6) is -2.50. The fraction of sp³-hybridized carbons (Fsp3) is 0.643. The molecule has 0 saturated heterocycles. The van der Waals surface area contributed by atoms with Gasteiger partial charge in [0.2, 0.25) is 0 Å². The quantitative estimate of drug-likeness (QED) is 0.282. The number of benzene rings is 1. The van der Waals surface area contributed by atoms with E-state index in [4.69, 9.17) is 24.7 Å². The highest BCUT2D eigenvalue weighted by atomic mass is 16.6. The average Bonchev–Trinajstić information content (AvgIpc) is 2.86. The van der Waals surface area contributed by atoms with Gasteiger partial charge < -0.3 is 24.7 Å². The Kier molecular flexibility index (Phi) is 13.3. The lowest BCUT2D eigenvalue weighted by Crippen LogP contribution is -2.37. The highest BCUT2D eigenvalue weighted by Gasteiger charge is 2.24. The van der Waals surface area contributed by atoms with Crippen LogP contribution in [-0.2, 0) is 35.1 Å². The van der Waals surface area contributed by atoms with Crippen molar-refractivity contribution in [3.05, 3.63) is 23.8 Å². The molecule has 0 radical (unpaired) electrons. The number of nitrogens with two attached hydrogens (primary N) is 1. The normalized spacial score (nSPS) is 15.2. The molecule has 0 heterocycles. The largest absolute Gasteiger partial charge is 0.462 e. The number of rotatable bonds is 14. The minimum absolute atomic E-state index is 0.0691. The lowest BCUT2D eigenvalue weighted by Gasteiger charge is -2.19. The van der Waals surface area contributed by atoms with Crippen molar-refractivity contribution < 1.29 is 38.1 Å². The Morgan fingerprint density at radius 3 is 1.84 bits per heavy atom. The number of hydrogen-bond acceptors (Lipinski definition) is 9. The monoisotopic (exact) mass is 521 g/mol. The summed E-state index contributed by atoms with van der Waals surface area (Å²) in [5, 5.41) is 0. The van der Waals surface area contributed by atoms with E-state index in [2.05, 4.69) is 0 Å². The van der Waals surface area contributed by atoms with Gasteiger partial charge >= 0.3 is 23.9 Å². The van der Waals surface area contributed by atoms with Crippen LogP contribution in [0.15, 0.2) is 18.2 Å².